The first-order valence-electron chi connectivity index (χ1n) is 6.96. The Bertz CT molecular complexity index is 581. The maximum Gasteiger partial charge on any atom is 0.243 e. The molecule has 1 N–H and O–H groups in total. The molecule has 3 rings (SSSR count). The normalized spacial score (nSPS) is 28.4. The van der Waals surface area contributed by atoms with E-state index in [0.717, 1.165) is 17.3 Å². The average Bonchev–Trinajstić information content (AvgIpc) is 2.77. The molecule has 0 aromatic heterocycles. The van der Waals surface area contributed by atoms with E-state index in [2.05, 4.69) is 21.2 Å². The van der Waals surface area contributed by atoms with Gasteiger partial charge in [-0.2, -0.15) is 4.31 Å². The third-order valence-electron chi connectivity index (χ3n) is 4.45. The van der Waals surface area contributed by atoms with E-state index >= 15 is 0 Å². The molecule has 2 heterocycles. The van der Waals surface area contributed by atoms with Gasteiger partial charge in [-0.15, -0.1) is 12.4 Å². The number of hydrogen-bond donors (Lipinski definition) is 1. The first-order chi connectivity index (χ1) is 9.46. The Morgan fingerprint density at radius 2 is 1.67 bits per heavy atom. The fourth-order valence-electron chi connectivity index (χ4n) is 3.29. The zero-order valence-corrected chi connectivity index (χ0v) is 15.0. The van der Waals surface area contributed by atoms with Crippen LogP contribution in [0.4, 0.5) is 0 Å². The van der Waals surface area contributed by atoms with Gasteiger partial charge in [0.15, 0.2) is 0 Å². The summed E-state index contributed by atoms with van der Waals surface area (Å²) in [6.45, 7) is 0. The van der Waals surface area contributed by atoms with Crippen molar-refractivity contribution in [2.45, 2.75) is 48.7 Å². The predicted molar refractivity (Wildman–Crippen MR) is 89.3 cm³/mol. The molecule has 0 amide bonds. The minimum atomic E-state index is -3.39. The minimum Gasteiger partial charge on any atom is -0.311 e. The van der Waals surface area contributed by atoms with E-state index in [1.54, 1.807) is 35.6 Å². The zero-order chi connectivity index (χ0) is 14.3. The van der Waals surface area contributed by atoms with Crippen LogP contribution in [-0.2, 0) is 10.0 Å². The van der Waals surface area contributed by atoms with Crippen molar-refractivity contribution in [3.05, 3.63) is 28.7 Å². The highest BCUT2D eigenvalue weighted by Gasteiger charge is 2.38. The van der Waals surface area contributed by atoms with Crippen molar-refractivity contribution in [3.63, 3.8) is 0 Å². The van der Waals surface area contributed by atoms with E-state index in [9.17, 15) is 8.42 Å². The standard InChI is InChI=1S/C14H19BrN2O2S.ClH/c1-17(13-8-11-4-5-12(9-13)16-11)20(18,19)14-6-2-10(15)3-7-14;/h2-3,6-7,11-13,16H,4-5,8-9H2,1H3;1H. The molecule has 2 aliphatic rings. The lowest BCUT2D eigenvalue weighted by atomic mass is 10.0. The summed E-state index contributed by atoms with van der Waals surface area (Å²) in [6.07, 6.45) is 4.19. The zero-order valence-electron chi connectivity index (χ0n) is 11.8. The quantitative estimate of drug-likeness (QED) is 0.856. The van der Waals surface area contributed by atoms with Crippen LogP contribution < -0.4 is 5.32 Å². The van der Waals surface area contributed by atoms with Crippen molar-refractivity contribution < 1.29 is 8.42 Å². The molecule has 0 radical (unpaired) electrons. The molecule has 1 aromatic rings. The molecule has 2 aliphatic heterocycles. The highest BCUT2D eigenvalue weighted by Crippen LogP contribution is 2.31. The van der Waals surface area contributed by atoms with Crippen molar-refractivity contribution in [2.24, 2.45) is 0 Å². The molecule has 1 aromatic carbocycles. The van der Waals surface area contributed by atoms with Crippen molar-refractivity contribution in [2.75, 3.05) is 7.05 Å². The number of benzene rings is 1. The lowest BCUT2D eigenvalue weighted by Gasteiger charge is -2.34. The number of sulfonamides is 1. The summed E-state index contributed by atoms with van der Waals surface area (Å²) in [5, 5.41) is 3.55. The molecule has 0 spiro atoms. The second-order valence-electron chi connectivity index (χ2n) is 5.74. The highest BCUT2D eigenvalue weighted by molar-refractivity contribution is 9.10. The van der Waals surface area contributed by atoms with E-state index in [-0.39, 0.29) is 18.4 Å². The van der Waals surface area contributed by atoms with Crippen molar-refractivity contribution in [3.8, 4) is 0 Å². The summed E-state index contributed by atoms with van der Waals surface area (Å²) in [7, 11) is -1.67. The molecule has 2 unspecified atom stereocenters. The van der Waals surface area contributed by atoms with Crippen LogP contribution in [0.5, 0.6) is 0 Å². The van der Waals surface area contributed by atoms with E-state index in [4.69, 9.17) is 0 Å². The summed E-state index contributed by atoms with van der Waals surface area (Å²) < 4.78 is 27.8. The monoisotopic (exact) mass is 394 g/mol. The van der Waals surface area contributed by atoms with Gasteiger partial charge < -0.3 is 5.32 Å². The molecule has 0 saturated carbocycles. The number of piperidine rings is 1. The van der Waals surface area contributed by atoms with Crippen LogP contribution in [0, 0.1) is 0 Å². The second-order valence-corrected chi connectivity index (χ2v) is 8.65. The minimum absolute atomic E-state index is 0. The molecular formula is C14H20BrClN2O2S. The number of nitrogens with zero attached hydrogens (tertiary/aromatic N) is 1. The summed E-state index contributed by atoms with van der Waals surface area (Å²) in [5.74, 6) is 0. The van der Waals surface area contributed by atoms with E-state index in [0.29, 0.717) is 17.0 Å². The highest BCUT2D eigenvalue weighted by atomic mass is 79.9. The Morgan fingerprint density at radius 3 is 2.19 bits per heavy atom. The first kappa shape index (κ1) is 17.2. The topological polar surface area (TPSA) is 49.4 Å². The summed E-state index contributed by atoms with van der Waals surface area (Å²) in [5.41, 5.74) is 0. The summed E-state index contributed by atoms with van der Waals surface area (Å²) in [4.78, 5) is 0.370. The number of fused-ring (bicyclic) bond motifs is 2. The summed E-state index contributed by atoms with van der Waals surface area (Å²) >= 11 is 3.33. The lowest BCUT2D eigenvalue weighted by molar-refractivity contribution is 0.251. The van der Waals surface area contributed by atoms with Gasteiger partial charge in [-0.3, -0.25) is 0 Å². The Hall–Kier alpha value is -0.140. The van der Waals surface area contributed by atoms with Gasteiger partial charge >= 0.3 is 0 Å². The van der Waals surface area contributed by atoms with Crippen LogP contribution in [0.15, 0.2) is 33.6 Å². The van der Waals surface area contributed by atoms with Gasteiger partial charge in [0, 0.05) is 29.6 Å². The van der Waals surface area contributed by atoms with Crippen LogP contribution in [0.2, 0.25) is 0 Å². The van der Waals surface area contributed by atoms with Gasteiger partial charge in [0.2, 0.25) is 10.0 Å². The number of halogens is 2. The van der Waals surface area contributed by atoms with Gasteiger partial charge in [-0.1, -0.05) is 15.9 Å². The largest absolute Gasteiger partial charge is 0.311 e. The van der Waals surface area contributed by atoms with Crippen LogP contribution in [0.25, 0.3) is 0 Å². The van der Waals surface area contributed by atoms with E-state index in [1.807, 2.05) is 0 Å². The molecule has 7 heteroatoms. The van der Waals surface area contributed by atoms with Gasteiger partial charge in [0.05, 0.1) is 4.90 Å². The van der Waals surface area contributed by atoms with E-state index in [1.165, 1.54) is 12.8 Å². The fourth-order valence-corrected chi connectivity index (χ4v) is 4.93. The molecule has 2 atom stereocenters. The average molecular weight is 396 g/mol. The maximum atomic E-state index is 12.7. The number of rotatable bonds is 3. The van der Waals surface area contributed by atoms with Crippen molar-refractivity contribution in [1.82, 2.24) is 9.62 Å². The third-order valence-corrected chi connectivity index (χ3v) is 6.91. The maximum absolute atomic E-state index is 12.7. The Kier molecular flexibility index (Phi) is 5.36. The SMILES string of the molecule is CN(C1CC2CCC(C1)N2)S(=O)(=O)c1ccc(Br)cc1.Cl. The summed E-state index contributed by atoms with van der Waals surface area (Å²) in [6, 6.07) is 7.95. The van der Waals surface area contributed by atoms with Crippen LogP contribution in [0.3, 0.4) is 0 Å². The van der Waals surface area contributed by atoms with Crippen LogP contribution in [-0.4, -0.2) is 37.9 Å². The van der Waals surface area contributed by atoms with Gasteiger partial charge in [0.25, 0.3) is 0 Å². The Labute approximate surface area is 140 Å². The number of nitrogens with one attached hydrogen (secondary N) is 1. The van der Waals surface area contributed by atoms with E-state index < -0.39 is 10.0 Å². The number of hydrogen-bond acceptors (Lipinski definition) is 3. The Balaban J connectivity index is 0.00000161. The molecule has 2 bridgehead atoms. The molecule has 2 saturated heterocycles. The van der Waals surface area contributed by atoms with Crippen LogP contribution >= 0.6 is 28.3 Å². The van der Waals surface area contributed by atoms with Crippen LogP contribution in [0.1, 0.15) is 25.7 Å². The smallest absolute Gasteiger partial charge is 0.243 e. The van der Waals surface area contributed by atoms with Gasteiger partial charge in [-0.25, -0.2) is 8.42 Å². The van der Waals surface area contributed by atoms with Gasteiger partial charge in [-0.05, 0) is 49.9 Å². The second kappa shape index (κ2) is 6.54. The van der Waals surface area contributed by atoms with Gasteiger partial charge in [0.1, 0.15) is 0 Å². The molecular weight excluding hydrogens is 376 g/mol. The molecule has 21 heavy (non-hydrogen) atoms. The molecule has 2 fully saturated rings. The fraction of sp³-hybridized carbons (Fsp3) is 0.571. The third kappa shape index (κ3) is 3.45. The Morgan fingerprint density at radius 1 is 1.14 bits per heavy atom. The molecule has 0 aliphatic carbocycles. The first-order valence-corrected chi connectivity index (χ1v) is 9.20. The molecule has 4 nitrogen and oxygen atoms in total. The lowest BCUT2D eigenvalue weighted by Crippen LogP contribution is -2.48. The van der Waals surface area contributed by atoms with Crippen molar-refractivity contribution in [1.29, 1.82) is 0 Å². The molecule has 118 valence electrons. The predicted octanol–water partition coefficient (Wildman–Crippen LogP) is 2.77. The van der Waals surface area contributed by atoms with Crippen molar-refractivity contribution >= 4 is 38.4 Å².